The van der Waals surface area contributed by atoms with Crippen LogP contribution in [0.2, 0.25) is 0 Å². The number of ether oxygens (including phenoxy) is 1. The van der Waals surface area contributed by atoms with Crippen LogP contribution in [0.25, 0.3) is 0 Å². The average Bonchev–Trinajstić information content (AvgIpc) is 2.89. The highest BCUT2D eigenvalue weighted by molar-refractivity contribution is 5.02. The molecule has 1 unspecified atom stereocenters. The van der Waals surface area contributed by atoms with Crippen LogP contribution >= 0.6 is 0 Å². The zero-order valence-corrected chi connectivity index (χ0v) is 11.1. The summed E-state index contributed by atoms with van der Waals surface area (Å²) in [5.41, 5.74) is 1.13. The van der Waals surface area contributed by atoms with Crippen molar-refractivity contribution in [1.82, 2.24) is 15.2 Å². The standard InChI is InChI=1S/C14H23N3O/c1-17(11-14-4-2-3-6-16-14)8-7-15-10-13-5-9-18-12-13/h2-4,6,13,15H,5,7-12H2,1H3. The zero-order chi connectivity index (χ0) is 12.6. The van der Waals surface area contributed by atoms with Gasteiger partial charge in [-0.3, -0.25) is 9.88 Å². The van der Waals surface area contributed by atoms with E-state index in [0.29, 0.717) is 5.92 Å². The maximum atomic E-state index is 5.36. The van der Waals surface area contributed by atoms with E-state index in [9.17, 15) is 0 Å². The number of nitrogens with one attached hydrogen (secondary N) is 1. The van der Waals surface area contributed by atoms with Crippen molar-refractivity contribution in [3.63, 3.8) is 0 Å². The topological polar surface area (TPSA) is 37.4 Å². The second-order valence-corrected chi connectivity index (χ2v) is 4.99. The monoisotopic (exact) mass is 249 g/mol. The van der Waals surface area contributed by atoms with E-state index < -0.39 is 0 Å². The van der Waals surface area contributed by atoms with E-state index in [2.05, 4.69) is 28.3 Å². The van der Waals surface area contributed by atoms with Crippen LogP contribution in [0.3, 0.4) is 0 Å². The maximum absolute atomic E-state index is 5.36. The number of pyridine rings is 1. The molecule has 1 N–H and O–H groups in total. The van der Waals surface area contributed by atoms with Gasteiger partial charge in [0.1, 0.15) is 0 Å². The molecule has 2 heterocycles. The number of hydrogen-bond acceptors (Lipinski definition) is 4. The molecule has 0 spiro atoms. The molecule has 1 aliphatic rings. The van der Waals surface area contributed by atoms with Gasteiger partial charge >= 0.3 is 0 Å². The first-order valence-corrected chi connectivity index (χ1v) is 6.71. The van der Waals surface area contributed by atoms with Crippen molar-refractivity contribution in [3.05, 3.63) is 30.1 Å². The van der Waals surface area contributed by atoms with E-state index >= 15 is 0 Å². The van der Waals surface area contributed by atoms with Gasteiger partial charge in [-0.05, 0) is 31.5 Å². The summed E-state index contributed by atoms with van der Waals surface area (Å²) in [6, 6.07) is 6.06. The molecule has 100 valence electrons. The molecule has 0 bridgehead atoms. The second-order valence-electron chi connectivity index (χ2n) is 4.99. The van der Waals surface area contributed by atoms with Gasteiger partial charge in [0, 0.05) is 39.0 Å². The highest BCUT2D eigenvalue weighted by Gasteiger charge is 2.14. The van der Waals surface area contributed by atoms with Crippen LogP contribution in [0.15, 0.2) is 24.4 Å². The van der Waals surface area contributed by atoms with E-state index in [1.54, 1.807) is 0 Å². The molecule has 1 fully saturated rings. The van der Waals surface area contributed by atoms with Crippen molar-refractivity contribution in [1.29, 1.82) is 0 Å². The quantitative estimate of drug-likeness (QED) is 0.735. The summed E-state index contributed by atoms with van der Waals surface area (Å²) in [6.45, 7) is 5.93. The fourth-order valence-electron chi connectivity index (χ4n) is 2.17. The van der Waals surface area contributed by atoms with Gasteiger partial charge in [0.25, 0.3) is 0 Å². The molecule has 18 heavy (non-hydrogen) atoms. The SMILES string of the molecule is CN(CCNCC1CCOC1)Cc1ccccn1. The smallest absolute Gasteiger partial charge is 0.0543 e. The normalized spacial score (nSPS) is 19.6. The minimum Gasteiger partial charge on any atom is -0.381 e. The molecule has 0 radical (unpaired) electrons. The predicted molar refractivity (Wildman–Crippen MR) is 72.4 cm³/mol. The van der Waals surface area contributed by atoms with Gasteiger partial charge in [-0.2, -0.15) is 0 Å². The molecule has 1 aromatic heterocycles. The van der Waals surface area contributed by atoms with Crippen molar-refractivity contribution < 1.29 is 4.74 Å². The molecule has 1 aromatic rings. The van der Waals surface area contributed by atoms with Crippen molar-refractivity contribution in [3.8, 4) is 0 Å². The molecule has 0 aromatic carbocycles. The first-order valence-electron chi connectivity index (χ1n) is 6.71. The van der Waals surface area contributed by atoms with Crippen molar-refractivity contribution >= 4 is 0 Å². The number of likely N-dealkylation sites (N-methyl/N-ethyl adjacent to an activating group) is 1. The highest BCUT2D eigenvalue weighted by Crippen LogP contribution is 2.10. The molecule has 4 nitrogen and oxygen atoms in total. The van der Waals surface area contributed by atoms with E-state index in [4.69, 9.17) is 4.74 Å². The predicted octanol–water partition coefficient (Wildman–Crippen LogP) is 1.14. The van der Waals surface area contributed by atoms with Crippen LogP contribution in [0, 0.1) is 5.92 Å². The van der Waals surface area contributed by atoms with Gasteiger partial charge in [0.15, 0.2) is 0 Å². The van der Waals surface area contributed by atoms with Gasteiger partial charge in [0.05, 0.1) is 12.3 Å². The summed E-state index contributed by atoms with van der Waals surface area (Å²) < 4.78 is 5.36. The number of aromatic nitrogens is 1. The second kappa shape index (κ2) is 7.46. The number of hydrogen-bond donors (Lipinski definition) is 1. The van der Waals surface area contributed by atoms with Crippen molar-refractivity contribution in [2.45, 2.75) is 13.0 Å². The third-order valence-electron chi connectivity index (χ3n) is 3.29. The van der Waals surface area contributed by atoms with E-state index in [1.807, 2.05) is 18.3 Å². The largest absolute Gasteiger partial charge is 0.381 e. The first kappa shape index (κ1) is 13.5. The molecule has 2 rings (SSSR count). The highest BCUT2D eigenvalue weighted by atomic mass is 16.5. The zero-order valence-electron chi connectivity index (χ0n) is 11.1. The summed E-state index contributed by atoms with van der Waals surface area (Å²) >= 11 is 0. The molecule has 1 atom stereocenters. The molecule has 0 aliphatic carbocycles. The Kier molecular flexibility index (Phi) is 5.58. The van der Waals surface area contributed by atoms with Crippen LogP contribution in [0.1, 0.15) is 12.1 Å². The molecule has 1 aliphatic heterocycles. The molecule has 0 amide bonds. The third kappa shape index (κ3) is 4.72. The van der Waals surface area contributed by atoms with Gasteiger partial charge in [-0.15, -0.1) is 0 Å². The van der Waals surface area contributed by atoms with Crippen molar-refractivity contribution in [2.75, 3.05) is 39.9 Å². The van der Waals surface area contributed by atoms with Gasteiger partial charge in [0.2, 0.25) is 0 Å². The van der Waals surface area contributed by atoms with E-state index in [0.717, 1.165) is 45.1 Å². The Bertz CT molecular complexity index is 325. The molecule has 0 saturated carbocycles. The van der Waals surface area contributed by atoms with Crippen LogP contribution < -0.4 is 5.32 Å². The van der Waals surface area contributed by atoms with Gasteiger partial charge < -0.3 is 10.1 Å². The number of nitrogens with zero attached hydrogens (tertiary/aromatic N) is 2. The lowest BCUT2D eigenvalue weighted by atomic mass is 10.1. The maximum Gasteiger partial charge on any atom is 0.0543 e. The summed E-state index contributed by atoms with van der Waals surface area (Å²) in [6.07, 6.45) is 3.05. The first-order chi connectivity index (χ1) is 8.84. The molecular weight excluding hydrogens is 226 g/mol. The fraction of sp³-hybridized carbons (Fsp3) is 0.643. The minimum atomic E-state index is 0.714. The molecule has 1 saturated heterocycles. The average molecular weight is 249 g/mol. The third-order valence-corrected chi connectivity index (χ3v) is 3.29. The summed E-state index contributed by atoms with van der Waals surface area (Å²) in [4.78, 5) is 6.62. The Morgan fingerprint density at radius 3 is 3.17 bits per heavy atom. The summed E-state index contributed by atoms with van der Waals surface area (Å²) in [5, 5.41) is 3.50. The molecule has 4 heteroatoms. The Labute approximate surface area is 109 Å². The van der Waals surface area contributed by atoms with E-state index in [-0.39, 0.29) is 0 Å². The van der Waals surface area contributed by atoms with Crippen LogP contribution in [-0.4, -0.2) is 49.8 Å². The van der Waals surface area contributed by atoms with Gasteiger partial charge in [-0.25, -0.2) is 0 Å². The molecular formula is C14H23N3O. The Balaban J connectivity index is 1.55. The lowest BCUT2D eigenvalue weighted by molar-refractivity contribution is 0.185. The Hall–Kier alpha value is -0.970. The fourth-order valence-corrected chi connectivity index (χ4v) is 2.17. The lowest BCUT2D eigenvalue weighted by Gasteiger charge is -2.17. The number of rotatable bonds is 7. The van der Waals surface area contributed by atoms with Crippen LogP contribution in [-0.2, 0) is 11.3 Å². The lowest BCUT2D eigenvalue weighted by Crippen LogP contribution is -2.32. The minimum absolute atomic E-state index is 0.714. The van der Waals surface area contributed by atoms with Crippen molar-refractivity contribution in [2.24, 2.45) is 5.92 Å². The van der Waals surface area contributed by atoms with Crippen LogP contribution in [0.4, 0.5) is 0 Å². The van der Waals surface area contributed by atoms with Crippen LogP contribution in [0.5, 0.6) is 0 Å². The van der Waals surface area contributed by atoms with Gasteiger partial charge in [-0.1, -0.05) is 6.07 Å². The summed E-state index contributed by atoms with van der Waals surface area (Å²) in [7, 11) is 2.13. The Morgan fingerprint density at radius 2 is 2.44 bits per heavy atom. The Morgan fingerprint density at radius 1 is 1.50 bits per heavy atom. The summed E-state index contributed by atoms with van der Waals surface area (Å²) in [5.74, 6) is 0.714. The van der Waals surface area contributed by atoms with E-state index in [1.165, 1.54) is 6.42 Å².